The maximum Gasteiger partial charge on any atom is 0.224 e. The summed E-state index contributed by atoms with van der Waals surface area (Å²) in [5.74, 6) is -0.245. The molecule has 0 aliphatic carbocycles. The number of carbonyl (C=O) groups excluding carboxylic acids is 1. The van der Waals surface area contributed by atoms with E-state index in [-0.39, 0.29) is 23.5 Å². The second kappa shape index (κ2) is 8.70. The van der Waals surface area contributed by atoms with Crippen LogP contribution in [0.1, 0.15) is 17.5 Å². The number of carbonyl (C=O) groups is 1. The molecule has 0 amide bonds. The summed E-state index contributed by atoms with van der Waals surface area (Å²) >= 11 is 0. The molecule has 0 aliphatic rings. The molecule has 4 rings (SSSR count). The molecule has 0 saturated heterocycles. The van der Waals surface area contributed by atoms with Gasteiger partial charge in [-0.05, 0) is 44.8 Å². The summed E-state index contributed by atoms with van der Waals surface area (Å²) in [5.41, 5.74) is 1.76. The van der Waals surface area contributed by atoms with Crippen LogP contribution in [0.25, 0.3) is 27.6 Å². The number of nitro groups is 1. The van der Waals surface area contributed by atoms with E-state index in [4.69, 9.17) is 0 Å². The van der Waals surface area contributed by atoms with Crippen molar-refractivity contribution < 1.29 is 9.72 Å². The molecule has 0 bridgehead atoms. The molecule has 0 radical (unpaired) electrons. The third-order valence-electron chi connectivity index (χ3n) is 5.26. The van der Waals surface area contributed by atoms with Crippen LogP contribution in [0.4, 0.5) is 0 Å². The van der Waals surface area contributed by atoms with Crippen molar-refractivity contribution in [2.45, 2.75) is 18.9 Å². The third-order valence-corrected chi connectivity index (χ3v) is 5.26. The highest BCUT2D eigenvalue weighted by atomic mass is 16.6. The van der Waals surface area contributed by atoms with Crippen molar-refractivity contribution in [3.05, 3.63) is 112 Å². The van der Waals surface area contributed by atoms with E-state index >= 15 is 0 Å². The molecule has 4 aromatic carbocycles. The molecule has 4 nitrogen and oxygen atoms in total. The highest BCUT2D eigenvalue weighted by Crippen LogP contribution is 2.19. The minimum atomic E-state index is -0.945. The number of hydrogen-bond donors (Lipinski definition) is 0. The largest absolute Gasteiger partial charge is 0.295 e. The van der Waals surface area contributed by atoms with Gasteiger partial charge in [0.15, 0.2) is 5.78 Å². The van der Waals surface area contributed by atoms with Crippen LogP contribution >= 0.6 is 0 Å². The lowest BCUT2D eigenvalue weighted by molar-refractivity contribution is -0.520. The summed E-state index contributed by atoms with van der Waals surface area (Å²) in [5, 5.41) is 15.9. The van der Waals surface area contributed by atoms with Gasteiger partial charge in [-0.15, -0.1) is 0 Å². The van der Waals surface area contributed by atoms with Gasteiger partial charge < -0.3 is 0 Å². The van der Waals surface area contributed by atoms with E-state index in [9.17, 15) is 14.9 Å². The van der Waals surface area contributed by atoms with Crippen molar-refractivity contribution >= 4 is 33.4 Å². The fraction of sp³-hybridized carbons (Fsp3) is 0.115. The molecule has 0 spiro atoms. The van der Waals surface area contributed by atoms with Crippen LogP contribution < -0.4 is 0 Å². The second-order valence-corrected chi connectivity index (χ2v) is 7.44. The number of ketones is 1. The molecule has 1 atom stereocenters. The fourth-order valence-corrected chi connectivity index (χ4v) is 3.66. The monoisotopic (exact) mass is 395 g/mol. The maximum atomic E-state index is 12.4. The third kappa shape index (κ3) is 4.61. The zero-order valence-corrected chi connectivity index (χ0v) is 16.4. The van der Waals surface area contributed by atoms with E-state index in [1.54, 1.807) is 6.08 Å². The summed E-state index contributed by atoms with van der Waals surface area (Å²) in [6.07, 6.45) is 3.28. The van der Waals surface area contributed by atoms with E-state index < -0.39 is 6.04 Å². The van der Waals surface area contributed by atoms with Gasteiger partial charge in [-0.2, -0.15) is 0 Å². The van der Waals surface area contributed by atoms with Gasteiger partial charge in [0.1, 0.15) is 0 Å². The summed E-state index contributed by atoms with van der Waals surface area (Å²) in [7, 11) is 0. The number of benzene rings is 4. The first-order chi connectivity index (χ1) is 14.6. The van der Waals surface area contributed by atoms with Crippen LogP contribution in [-0.4, -0.2) is 16.7 Å². The van der Waals surface area contributed by atoms with Gasteiger partial charge in [0.25, 0.3) is 0 Å². The topological polar surface area (TPSA) is 60.2 Å². The molecule has 148 valence electrons. The Balaban J connectivity index is 1.45. The zero-order chi connectivity index (χ0) is 20.9. The standard InChI is InChI=1S/C26H21NO3/c28-26(14-11-19-9-12-21-5-1-3-7-23(21)15-19)18-25(27(29)30)17-20-10-13-22-6-2-4-8-24(22)16-20/h1-16,25H,17-18H2. The molecule has 30 heavy (non-hydrogen) atoms. The molecule has 0 heterocycles. The van der Waals surface area contributed by atoms with Crippen molar-refractivity contribution in [2.24, 2.45) is 0 Å². The quantitative estimate of drug-likeness (QED) is 0.224. The van der Waals surface area contributed by atoms with E-state index in [1.165, 1.54) is 6.08 Å². The Hall–Kier alpha value is -3.79. The first-order valence-corrected chi connectivity index (χ1v) is 9.89. The SMILES string of the molecule is O=C(C=Cc1ccc2ccccc2c1)CC(Cc1ccc2ccccc2c1)[N+](=O)[O-]. The van der Waals surface area contributed by atoms with Crippen LogP contribution in [0.5, 0.6) is 0 Å². The molecular weight excluding hydrogens is 374 g/mol. The van der Waals surface area contributed by atoms with Gasteiger partial charge in [-0.25, -0.2) is 0 Å². The number of fused-ring (bicyclic) bond motifs is 2. The Bertz CT molecular complexity index is 1260. The molecule has 0 aliphatic heterocycles. The summed E-state index contributed by atoms with van der Waals surface area (Å²) < 4.78 is 0. The summed E-state index contributed by atoms with van der Waals surface area (Å²) in [6.45, 7) is 0. The Morgan fingerprint density at radius 3 is 2.10 bits per heavy atom. The maximum absolute atomic E-state index is 12.4. The van der Waals surface area contributed by atoms with E-state index in [1.807, 2.05) is 84.9 Å². The Morgan fingerprint density at radius 1 is 0.833 bits per heavy atom. The number of nitrogens with zero attached hydrogens (tertiary/aromatic N) is 1. The molecule has 4 heteroatoms. The second-order valence-electron chi connectivity index (χ2n) is 7.44. The van der Waals surface area contributed by atoms with E-state index in [0.717, 1.165) is 32.7 Å². The molecule has 0 aromatic heterocycles. The number of allylic oxidation sites excluding steroid dienone is 1. The van der Waals surface area contributed by atoms with Gasteiger partial charge in [-0.1, -0.05) is 84.9 Å². The molecule has 0 fully saturated rings. The normalized spacial score (nSPS) is 12.4. The average molecular weight is 395 g/mol. The first-order valence-electron chi connectivity index (χ1n) is 9.89. The van der Waals surface area contributed by atoms with Crippen LogP contribution in [0.15, 0.2) is 91.0 Å². The summed E-state index contributed by atoms with van der Waals surface area (Å²) in [6, 6.07) is 26.7. The smallest absolute Gasteiger partial charge is 0.224 e. The van der Waals surface area contributed by atoms with Crippen molar-refractivity contribution in [1.29, 1.82) is 0 Å². The zero-order valence-electron chi connectivity index (χ0n) is 16.4. The van der Waals surface area contributed by atoms with Gasteiger partial charge in [-0.3, -0.25) is 14.9 Å². The van der Waals surface area contributed by atoms with Gasteiger partial charge in [0, 0.05) is 11.3 Å². The highest BCUT2D eigenvalue weighted by Gasteiger charge is 2.23. The van der Waals surface area contributed by atoms with Gasteiger partial charge in [0.05, 0.1) is 6.42 Å². The predicted octanol–water partition coefficient (Wildman–Crippen LogP) is 5.85. The Labute approximate surface area is 174 Å². The van der Waals surface area contributed by atoms with Crippen LogP contribution in [0, 0.1) is 10.1 Å². The number of hydrogen-bond acceptors (Lipinski definition) is 3. The lowest BCUT2D eigenvalue weighted by Crippen LogP contribution is -2.25. The molecule has 0 saturated carbocycles. The minimum Gasteiger partial charge on any atom is -0.295 e. The van der Waals surface area contributed by atoms with Gasteiger partial charge in [0.2, 0.25) is 6.04 Å². The fourth-order valence-electron chi connectivity index (χ4n) is 3.66. The lowest BCUT2D eigenvalue weighted by atomic mass is 9.98. The van der Waals surface area contributed by atoms with Gasteiger partial charge >= 0.3 is 0 Å². The number of rotatable bonds is 7. The Morgan fingerprint density at radius 2 is 1.43 bits per heavy atom. The minimum absolute atomic E-state index is 0.121. The van der Waals surface area contributed by atoms with E-state index in [0.29, 0.717) is 0 Å². The lowest BCUT2D eigenvalue weighted by Gasteiger charge is -2.09. The van der Waals surface area contributed by atoms with Crippen molar-refractivity contribution in [2.75, 3.05) is 0 Å². The summed E-state index contributed by atoms with van der Waals surface area (Å²) in [4.78, 5) is 23.6. The van der Waals surface area contributed by atoms with Crippen molar-refractivity contribution in [3.63, 3.8) is 0 Å². The molecule has 4 aromatic rings. The molecular formula is C26H21NO3. The van der Waals surface area contributed by atoms with Crippen LogP contribution in [-0.2, 0) is 11.2 Å². The first kappa shape index (κ1) is 19.5. The van der Waals surface area contributed by atoms with Crippen molar-refractivity contribution in [3.8, 4) is 0 Å². The predicted molar refractivity (Wildman–Crippen MR) is 121 cm³/mol. The molecule has 1 unspecified atom stereocenters. The van der Waals surface area contributed by atoms with Crippen LogP contribution in [0.3, 0.4) is 0 Å². The van der Waals surface area contributed by atoms with E-state index in [2.05, 4.69) is 0 Å². The van der Waals surface area contributed by atoms with Crippen LogP contribution in [0.2, 0.25) is 0 Å². The Kier molecular flexibility index (Phi) is 5.66. The molecule has 0 N–H and O–H groups in total. The highest BCUT2D eigenvalue weighted by molar-refractivity contribution is 5.94. The van der Waals surface area contributed by atoms with Crippen molar-refractivity contribution in [1.82, 2.24) is 0 Å². The average Bonchev–Trinajstić information content (AvgIpc) is 2.77.